The molecule has 2 nitrogen and oxygen atoms in total. The van der Waals surface area contributed by atoms with Gasteiger partial charge >= 0.3 is 18.6 Å². The number of rotatable bonds is 2. The fourth-order valence-electron chi connectivity index (χ4n) is 1.48. The van der Waals surface area contributed by atoms with Gasteiger partial charge in [0.15, 0.2) is 0 Å². The van der Waals surface area contributed by atoms with Crippen molar-refractivity contribution in [3.05, 3.63) is 13.1 Å². The minimum atomic E-state index is 0. The molecule has 1 aliphatic carbocycles. The molecule has 0 unspecified atom stereocenters. The van der Waals surface area contributed by atoms with Crippen LogP contribution in [0.4, 0.5) is 0 Å². The molecule has 1 rings (SSSR count). The van der Waals surface area contributed by atoms with Crippen molar-refractivity contribution in [2.24, 2.45) is 0 Å². The topological polar surface area (TPSA) is 36.7 Å². The molecule has 1 fully saturated rings. The average Bonchev–Trinajstić information content (AvgIpc) is 2.46. The van der Waals surface area contributed by atoms with Crippen LogP contribution in [-0.2, 0) is 18.6 Å². The largest absolute Gasteiger partial charge is 2.00 e. The Balaban J connectivity index is -0.000000214. The molecule has 0 heterocycles. The van der Waals surface area contributed by atoms with Gasteiger partial charge in [-0.1, -0.05) is 25.7 Å². The zero-order chi connectivity index (χ0) is 10.8. The third-order valence-corrected chi connectivity index (χ3v) is 3.72. The van der Waals surface area contributed by atoms with E-state index in [-0.39, 0.29) is 24.7 Å². The summed E-state index contributed by atoms with van der Waals surface area (Å²) in [6, 6.07) is 0. The Hall–Kier alpha value is 0.854. The molecule has 0 bridgehead atoms. The van der Waals surface area contributed by atoms with Crippen molar-refractivity contribution in [1.29, 1.82) is 0 Å². The van der Waals surface area contributed by atoms with Crippen LogP contribution in [0.15, 0.2) is 0 Å². The second kappa shape index (κ2) is 15.9. The van der Waals surface area contributed by atoms with Crippen LogP contribution in [0, 0.1) is 6.92 Å². The Morgan fingerprint density at radius 1 is 1.12 bits per heavy atom. The molecule has 2 N–H and O–H groups in total. The molecule has 0 aromatic rings. The summed E-state index contributed by atoms with van der Waals surface area (Å²) in [7, 11) is 3.99. The summed E-state index contributed by atoms with van der Waals surface area (Å²) in [5.41, 5.74) is 0. The number of thioether (sulfide) groups is 1. The molecule has 0 aliphatic heterocycles. The molecule has 16 heavy (non-hydrogen) atoms. The Kier molecular flexibility index (Phi) is 21.9. The first-order valence-corrected chi connectivity index (χ1v) is 6.96. The van der Waals surface area contributed by atoms with E-state index in [4.69, 9.17) is 0 Å². The minimum absolute atomic E-state index is 0. The van der Waals surface area contributed by atoms with Crippen LogP contribution in [0.2, 0.25) is 0 Å². The Bertz CT molecular complexity index is 116. The number of hydrogen-bond donors (Lipinski definition) is 0. The van der Waals surface area contributed by atoms with Gasteiger partial charge in [-0.3, -0.25) is 0 Å². The molecule has 0 aromatic carbocycles. The van der Waals surface area contributed by atoms with E-state index < -0.39 is 0 Å². The first-order chi connectivity index (χ1) is 6.70. The summed E-state index contributed by atoms with van der Waals surface area (Å²) < 4.78 is 0. The summed E-state index contributed by atoms with van der Waals surface area (Å²) in [5.74, 6) is 0. The fourth-order valence-corrected chi connectivity index (χ4v) is 2.28. The van der Waals surface area contributed by atoms with Gasteiger partial charge in [-0.25, -0.2) is 0 Å². The smallest absolute Gasteiger partial charge is 0.693 e. The molecule has 1 saturated carbocycles. The van der Waals surface area contributed by atoms with Crippen LogP contribution < -0.4 is 0 Å². The van der Waals surface area contributed by atoms with Gasteiger partial charge in [-0.2, -0.15) is 11.8 Å². The Morgan fingerprint density at radius 2 is 1.50 bits per heavy atom. The third kappa shape index (κ3) is 14.9. The van der Waals surface area contributed by atoms with Crippen molar-refractivity contribution in [2.45, 2.75) is 43.8 Å². The van der Waals surface area contributed by atoms with Crippen molar-refractivity contribution >= 4 is 11.8 Å². The van der Waals surface area contributed by atoms with Crippen LogP contribution >= 0.6 is 11.8 Å². The normalized spacial score (nSPS) is 16.3. The van der Waals surface area contributed by atoms with Crippen LogP contribution in [-0.4, -0.2) is 37.0 Å². The molecule has 0 amide bonds. The number of hydrogen-bond acceptors (Lipinski definition) is 2. The van der Waals surface area contributed by atoms with Crippen molar-refractivity contribution < 1.29 is 18.6 Å². The molecule has 97 valence electrons. The first-order valence-electron chi connectivity index (χ1n) is 5.67. The zero-order valence-corrected chi connectivity index (χ0v) is 13.3. The molecule has 0 spiro atoms. The summed E-state index contributed by atoms with van der Waals surface area (Å²) >= 11 is 2.06. The van der Waals surface area contributed by atoms with Crippen molar-refractivity contribution in [3.8, 4) is 0 Å². The van der Waals surface area contributed by atoms with Crippen LogP contribution in [0.1, 0.15) is 38.5 Å². The number of nitrogens with two attached hydrogens (primary N) is 1. The summed E-state index contributed by atoms with van der Waals surface area (Å²) in [6.45, 7) is 4.50. The predicted molar refractivity (Wildman–Crippen MR) is 74.2 cm³/mol. The van der Waals surface area contributed by atoms with E-state index in [2.05, 4.69) is 24.9 Å². The monoisotopic (exact) mass is 283 g/mol. The van der Waals surface area contributed by atoms with Gasteiger partial charge in [0.2, 0.25) is 0 Å². The maximum atomic E-state index is 3.61. The molecule has 0 atom stereocenters. The first kappa shape index (κ1) is 22.1. The molecule has 4 heteroatoms. The second-order valence-corrected chi connectivity index (χ2v) is 5.29. The Morgan fingerprint density at radius 3 is 1.75 bits per heavy atom. The van der Waals surface area contributed by atoms with E-state index >= 15 is 0 Å². The van der Waals surface area contributed by atoms with E-state index in [0.29, 0.717) is 0 Å². The third-order valence-electron chi connectivity index (χ3n) is 2.58. The van der Waals surface area contributed by atoms with Crippen molar-refractivity contribution in [1.82, 2.24) is 4.90 Å². The molecule has 1 radical (unpaired) electrons. The van der Waals surface area contributed by atoms with E-state index in [0.717, 1.165) is 11.8 Å². The van der Waals surface area contributed by atoms with Gasteiger partial charge in [0, 0.05) is 5.25 Å². The van der Waals surface area contributed by atoms with Crippen LogP contribution in [0.5, 0.6) is 0 Å². The quantitative estimate of drug-likeness (QED) is 0.563. The molecule has 0 aromatic heterocycles. The van der Waals surface area contributed by atoms with Crippen LogP contribution in [0.25, 0.3) is 6.15 Å². The van der Waals surface area contributed by atoms with Gasteiger partial charge in [0.25, 0.3) is 0 Å². The summed E-state index contributed by atoms with van der Waals surface area (Å²) in [4.78, 5) is 2.01. The molecule has 1 aliphatic rings. The zero-order valence-electron chi connectivity index (χ0n) is 11.1. The maximum Gasteiger partial charge on any atom is 2.00 e. The van der Waals surface area contributed by atoms with Gasteiger partial charge < -0.3 is 18.0 Å². The van der Waals surface area contributed by atoms with Crippen LogP contribution in [0.3, 0.4) is 0 Å². The second-order valence-electron chi connectivity index (χ2n) is 4.15. The Labute approximate surface area is 119 Å². The SMILES string of the molecule is CSC1CCCCCC1.[CH2-]CN(C)C.[NH2-].[V+2]. The van der Waals surface area contributed by atoms with E-state index in [9.17, 15) is 0 Å². The van der Waals surface area contributed by atoms with Gasteiger partial charge in [0.05, 0.1) is 0 Å². The van der Waals surface area contributed by atoms with E-state index in [1.54, 1.807) is 0 Å². The predicted octanol–water partition coefficient (Wildman–Crippen LogP) is 4.17. The molecule has 0 saturated heterocycles. The molecular formula is C12H28N2SV. The average molecular weight is 283 g/mol. The van der Waals surface area contributed by atoms with Gasteiger partial charge in [-0.15, -0.1) is 6.54 Å². The summed E-state index contributed by atoms with van der Waals surface area (Å²) in [5, 5.41) is 0.993. The van der Waals surface area contributed by atoms with Crippen molar-refractivity contribution in [3.63, 3.8) is 0 Å². The minimum Gasteiger partial charge on any atom is -0.693 e. The van der Waals surface area contributed by atoms with Gasteiger partial charge in [-0.05, 0) is 33.2 Å². The fraction of sp³-hybridized carbons (Fsp3) is 0.917. The maximum absolute atomic E-state index is 3.61. The molecular weight excluding hydrogens is 255 g/mol. The summed E-state index contributed by atoms with van der Waals surface area (Å²) in [6.07, 6.45) is 11.1. The number of nitrogens with zero attached hydrogens (tertiary/aromatic N) is 1. The van der Waals surface area contributed by atoms with Gasteiger partial charge in [0.1, 0.15) is 0 Å². The van der Waals surface area contributed by atoms with E-state index in [1.807, 2.05) is 19.0 Å². The standard InChI is InChI=1S/C8H16S.C4H10N.H2N.V/c1-9-8-6-4-2-3-5-7-8;1-4-5(2)3;;/h8H,2-7H2,1H3;1,4H2,2-3H3;1H2;/q;2*-1;+2. The van der Waals surface area contributed by atoms with Crippen molar-refractivity contribution in [2.75, 3.05) is 26.9 Å². The van der Waals surface area contributed by atoms with E-state index in [1.165, 1.54) is 38.5 Å².